The number of para-hydroxylation sites is 1. The van der Waals surface area contributed by atoms with Gasteiger partial charge in [0.05, 0.1) is 17.1 Å². The molecule has 2 heterocycles. The molecule has 8 nitrogen and oxygen atoms in total. The van der Waals surface area contributed by atoms with Gasteiger partial charge in [0.2, 0.25) is 5.91 Å². The second kappa shape index (κ2) is 7.23. The summed E-state index contributed by atoms with van der Waals surface area (Å²) in [6, 6.07) is 13.9. The van der Waals surface area contributed by atoms with E-state index in [1.807, 2.05) is 0 Å². The summed E-state index contributed by atoms with van der Waals surface area (Å²) in [5.41, 5.74) is 1.98. The van der Waals surface area contributed by atoms with Gasteiger partial charge in [-0.15, -0.1) is 0 Å². The van der Waals surface area contributed by atoms with Crippen molar-refractivity contribution in [2.45, 2.75) is 13.8 Å². The Morgan fingerprint density at radius 2 is 1.76 bits per heavy atom. The maximum absolute atomic E-state index is 12.8. The molecule has 0 saturated heterocycles. The van der Waals surface area contributed by atoms with Crippen molar-refractivity contribution < 1.29 is 9.59 Å². The molecule has 8 heteroatoms. The van der Waals surface area contributed by atoms with E-state index in [9.17, 15) is 14.4 Å². The van der Waals surface area contributed by atoms with Crippen molar-refractivity contribution in [3.63, 3.8) is 0 Å². The first-order valence-corrected chi connectivity index (χ1v) is 9.15. The summed E-state index contributed by atoms with van der Waals surface area (Å²) in [7, 11) is 0. The summed E-state index contributed by atoms with van der Waals surface area (Å²) in [6.45, 7) is 3.60. The van der Waals surface area contributed by atoms with E-state index in [1.165, 1.54) is 10.7 Å². The zero-order chi connectivity index (χ0) is 20.5. The van der Waals surface area contributed by atoms with E-state index in [-0.39, 0.29) is 22.9 Å². The van der Waals surface area contributed by atoms with E-state index in [1.54, 1.807) is 62.4 Å². The molecule has 0 saturated carbocycles. The number of aromatic nitrogens is 3. The molecule has 2 aromatic carbocycles. The zero-order valence-corrected chi connectivity index (χ0v) is 15.9. The van der Waals surface area contributed by atoms with Crippen LogP contribution in [-0.2, 0) is 4.79 Å². The lowest BCUT2D eigenvalue weighted by molar-refractivity contribution is -0.118. The molecular formula is C21H19N5O3. The molecule has 0 aliphatic heterocycles. The summed E-state index contributed by atoms with van der Waals surface area (Å²) >= 11 is 0. The Labute approximate surface area is 165 Å². The van der Waals surface area contributed by atoms with Crippen LogP contribution in [0.1, 0.15) is 24.2 Å². The Hall–Kier alpha value is -3.94. The molecule has 0 fully saturated rings. The quantitative estimate of drug-likeness (QED) is 0.498. The molecule has 0 radical (unpaired) electrons. The summed E-state index contributed by atoms with van der Waals surface area (Å²) in [6.07, 6.45) is 1.41. The van der Waals surface area contributed by atoms with Crippen molar-refractivity contribution in [2.24, 2.45) is 5.92 Å². The fourth-order valence-corrected chi connectivity index (χ4v) is 3.00. The summed E-state index contributed by atoms with van der Waals surface area (Å²) in [4.78, 5) is 39.8. The number of rotatable bonds is 4. The zero-order valence-electron chi connectivity index (χ0n) is 15.9. The third-order valence-electron chi connectivity index (χ3n) is 4.54. The highest BCUT2D eigenvalue weighted by Crippen LogP contribution is 2.19. The van der Waals surface area contributed by atoms with Crippen LogP contribution < -0.4 is 16.2 Å². The number of carbonyl (C=O) groups excluding carboxylic acids is 2. The van der Waals surface area contributed by atoms with E-state index in [0.29, 0.717) is 27.9 Å². The Morgan fingerprint density at radius 3 is 2.52 bits per heavy atom. The fourth-order valence-electron chi connectivity index (χ4n) is 3.00. The predicted molar refractivity (Wildman–Crippen MR) is 111 cm³/mol. The number of hydrogen-bond acceptors (Lipinski definition) is 4. The van der Waals surface area contributed by atoms with Crippen LogP contribution in [-0.4, -0.2) is 26.4 Å². The monoisotopic (exact) mass is 389 g/mol. The highest BCUT2D eigenvalue weighted by atomic mass is 16.2. The number of benzene rings is 2. The van der Waals surface area contributed by atoms with Gasteiger partial charge in [0.15, 0.2) is 0 Å². The van der Waals surface area contributed by atoms with E-state index in [4.69, 9.17) is 0 Å². The molecule has 0 bridgehead atoms. The van der Waals surface area contributed by atoms with Gasteiger partial charge in [0.25, 0.3) is 11.5 Å². The third-order valence-corrected chi connectivity index (χ3v) is 4.54. The molecule has 0 aliphatic carbocycles. The van der Waals surface area contributed by atoms with Crippen LogP contribution in [0.3, 0.4) is 0 Å². The molecule has 2 amide bonds. The summed E-state index contributed by atoms with van der Waals surface area (Å²) in [5.74, 6) is -0.683. The van der Waals surface area contributed by atoms with Gasteiger partial charge in [-0.25, -0.2) is 4.52 Å². The fraction of sp³-hybridized carbons (Fsp3) is 0.143. The number of nitrogens with one attached hydrogen (secondary N) is 3. The van der Waals surface area contributed by atoms with Gasteiger partial charge in [-0.05, 0) is 30.3 Å². The first kappa shape index (κ1) is 18.4. The topological polar surface area (TPSA) is 108 Å². The summed E-state index contributed by atoms with van der Waals surface area (Å²) in [5, 5.41) is 10.3. The van der Waals surface area contributed by atoms with Crippen LogP contribution in [0.5, 0.6) is 0 Å². The lowest BCUT2D eigenvalue weighted by atomic mass is 10.2. The lowest BCUT2D eigenvalue weighted by Crippen LogP contribution is -2.18. The van der Waals surface area contributed by atoms with Crippen molar-refractivity contribution in [3.8, 4) is 0 Å². The van der Waals surface area contributed by atoms with Crippen molar-refractivity contribution in [1.82, 2.24) is 14.6 Å². The molecular weight excluding hydrogens is 370 g/mol. The Kier molecular flexibility index (Phi) is 4.59. The summed E-state index contributed by atoms with van der Waals surface area (Å²) < 4.78 is 1.53. The second-order valence-corrected chi connectivity index (χ2v) is 6.97. The molecule has 3 N–H and O–H groups in total. The Bertz CT molecular complexity index is 1300. The second-order valence-electron chi connectivity index (χ2n) is 6.97. The van der Waals surface area contributed by atoms with E-state index >= 15 is 0 Å². The number of nitrogens with zero attached hydrogens (tertiary/aromatic N) is 2. The number of aromatic amines is 1. The van der Waals surface area contributed by atoms with Gasteiger partial charge in [-0.1, -0.05) is 32.0 Å². The predicted octanol–water partition coefficient (Wildman–Crippen LogP) is 3.02. The van der Waals surface area contributed by atoms with Gasteiger partial charge in [-0.3, -0.25) is 14.4 Å². The number of H-pyrrole nitrogens is 1. The van der Waals surface area contributed by atoms with Gasteiger partial charge in [0.1, 0.15) is 11.2 Å². The van der Waals surface area contributed by atoms with Crippen molar-refractivity contribution >= 4 is 39.7 Å². The molecule has 4 rings (SSSR count). The molecule has 4 aromatic rings. The molecule has 0 unspecified atom stereocenters. The average molecular weight is 389 g/mol. The molecule has 0 atom stereocenters. The molecule has 146 valence electrons. The van der Waals surface area contributed by atoms with Crippen LogP contribution in [0, 0.1) is 5.92 Å². The largest absolute Gasteiger partial charge is 0.326 e. The maximum atomic E-state index is 12.8. The highest BCUT2D eigenvalue weighted by Gasteiger charge is 2.16. The minimum absolute atomic E-state index is 0.111. The number of carbonyl (C=O) groups is 2. The van der Waals surface area contributed by atoms with Gasteiger partial charge < -0.3 is 15.6 Å². The Balaban J connectivity index is 1.65. The molecule has 29 heavy (non-hydrogen) atoms. The number of amides is 2. The number of fused-ring (bicyclic) bond motifs is 3. The SMILES string of the molecule is CC(C)C(=O)Nc1cccc(NC(=O)c2cnn3c2[nH]c(=O)c2ccccc23)c1. The van der Waals surface area contributed by atoms with Crippen LogP contribution in [0.4, 0.5) is 11.4 Å². The average Bonchev–Trinajstić information content (AvgIpc) is 3.12. The van der Waals surface area contributed by atoms with Gasteiger partial charge >= 0.3 is 0 Å². The van der Waals surface area contributed by atoms with Crippen LogP contribution in [0.25, 0.3) is 16.6 Å². The first-order valence-electron chi connectivity index (χ1n) is 9.15. The normalized spacial score (nSPS) is 11.1. The molecule has 0 spiro atoms. The van der Waals surface area contributed by atoms with E-state index in [0.717, 1.165) is 0 Å². The number of anilines is 2. The van der Waals surface area contributed by atoms with Crippen molar-refractivity contribution in [1.29, 1.82) is 0 Å². The van der Waals surface area contributed by atoms with Crippen molar-refractivity contribution in [2.75, 3.05) is 10.6 Å². The highest BCUT2D eigenvalue weighted by molar-refractivity contribution is 6.09. The minimum atomic E-state index is -0.418. The van der Waals surface area contributed by atoms with Crippen LogP contribution in [0.2, 0.25) is 0 Å². The molecule has 0 aliphatic rings. The third kappa shape index (κ3) is 3.47. The number of hydrogen-bond donors (Lipinski definition) is 3. The Morgan fingerprint density at radius 1 is 1.03 bits per heavy atom. The smallest absolute Gasteiger partial charge is 0.261 e. The van der Waals surface area contributed by atoms with Gasteiger partial charge in [0, 0.05) is 17.3 Å². The minimum Gasteiger partial charge on any atom is -0.326 e. The van der Waals surface area contributed by atoms with E-state index in [2.05, 4.69) is 20.7 Å². The van der Waals surface area contributed by atoms with Gasteiger partial charge in [-0.2, -0.15) is 5.10 Å². The maximum Gasteiger partial charge on any atom is 0.261 e. The lowest BCUT2D eigenvalue weighted by Gasteiger charge is -2.10. The van der Waals surface area contributed by atoms with Crippen molar-refractivity contribution in [3.05, 3.63) is 70.6 Å². The standard InChI is InChI=1S/C21H19N5O3/c1-12(2)19(27)23-13-6-5-7-14(10-13)24-21(29)16-11-22-26-17-9-4-3-8-15(17)20(28)25-18(16)26/h3-12H,1-2H3,(H,23,27)(H,24,29)(H,25,28). The van der Waals surface area contributed by atoms with Crippen LogP contribution in [0.15, 0.2) is 59.5 Å². The molecule has 2 aromatic heterocycles. The van der Waals surface area contributed by atoms with Crippen LogP contribution >= 0.6 is 0 Å². The first-order chi connectivity index (χ1) is 13.9. The van der Waals surface area contributed by atoms with E-state index < -0.39 is 5.91 Å².